The van der Waals surface area contributed by atoms with Gasteiger partial charge in [0.25, 0.3) is 11.6 Å². The highest BCUT2D eigenvalue weighted by Crippen LogP contribution is 2.28. The Morgan fingerprint density at radius 2 is 2.05 bits per heavy atom. The first kappa shape index (κ1) is 14.2. The lowest BCUT2D eigenvalue weighted by atomic mass is 10.2. The topological polar surface area (TPSA) is 72.2 Å². The van der Waals surface area contributed by atoms with E-state index in [1.165, 1.54) is 23.5 Å². The summed E-state index contributed by atoms with van der Waals surface area (Å²) in [6.07, 6.45) is 0. The number of nitro benzene ring substituents is 1. The Hall–Kier alpha value is -1.25. The monoisotopic (exact) mass is 404 g/mol. The molecule has 1 aromatic carbocycles. The molecule has 5 nitrogen and oxygen atoms in total. The Kier molecular flexibility index (Phi) is 4.33. The molecule has 0 atom stereocenters. The number of anilines is 1. The Morgan fingerprint density at radius 3 is 2.63 bits per heavy atom. The fraction of sp³-hybridized carbons (Fsp3) is 0. The second-order valence-corrected chi connectivity index (χ2v) is 6.66. The van der Waals surface area contributed by atoms with E-state index in [0.29, 0.717) is 15.7 Å². The average molecular weight is 406 g/mol. The number of hydrogen-bond donors (Lipinski definition) is 1. The predicted molar refractivity (Wildman–Crippen MR) is 80.8 cm³/mol. The summed E-state index contributed by atoms with van der Waals surface area (Å²) >= 11 is 7.75. The van der Waals surface area contributed by atoms with Crippen molar-refractivity contribution < 1.29 is 9.72 Å². The van der Waals surface area contributed by atoms with Gasteiger partial charge in [-0.2, -0.15) is 0 Å². The molecule has 0 aliphatic rings. The molecule has 0 aliphatic carbocycles. The largest absolute Gasteiger partial charge is 0.322 e. The van der Waals surface area contributed by atoms with Gasteiger partial charge in [0.2, 0.25) is 0 Å². The first-order valence-corrected chi connectivity index (χ1v) is 7.43. The summed E-state index contributed by atoms with van der Waals surface area (Å²) in [5.74, 6) is -0.307. The predicted octanol–water partition coefficient (Wildman–Crippen LogP) is 4.43. The number of carbonyl (C=O) groups excluding carboxylic acids is 1. The maximum Gasteiger partial charge on any atom is 0.285 e. The zero-order chi connectivity index (χ0) is 14.0. The van der Waals surface area contributed by atoms with E-state index in [9.17, 15) is 14.9 Å². The van der Waals surface area contributed by atoms with Crippen molar-refractivity contribution in [1.29, 1.82) is 0 Å². The molecule has 0 saturated carbocycles. The van der Waals surface area contributed by atoms with Gasteiger partial charge in [-0.25, -0.2) is 0 Å². The van der Waals surface area contributed by atoms with Crippen LogP contribution < -0.4 is 5.32 Å². The minimum absolute atomic E-state index is 0.0932. The summed E-state index contributed by atoms with van der Waals surface area (Å²) in [7, 11) is 0. The maximum absolute atomic E-state index is 11.9. The van der Waals surface area contributed by atoms with Crippen molar-refractivity contribution in [1.82, 2.24) is 0 Å². The second-order valence-electron chi connectivity index (χ2n) is 3.52. The van der Waals surface area contributed by atoms with Crippen molar-refractivity contribution in [3.05, 3.63) is 53.6 Å². The van der Waals surface area contributed by atoms with Crippen LogP contribution in [0.4, 0.5) is 11.4 Å². The highest BCUT2D eigenvalue weighted by Gasteiger charge is 2.14. The van der Waals surface area contributed by atoms with Gasteiger partial charge in [-0.15, -0.1) is 11.3 Å². The van der Waals surface area contributed by atoms with Crippen LogP contribution >= 0.6 is 43.2 Å². The standard InChI is InChI=1S/C11H6Br2N2O3S/c12-8-2-1-7(4-9(8)15(17)18)14-11(16)6-3-10(13)19-5-6/h1-5H,(H,14,16). The van der Waals surface area contributed by atoms with Gasteiger partial charge in [0.1, 0.15) is 0 Å². The van der Waals surface area contributed by atoms with Crippen LogP contribution in [0.5, 0.6) is 0 Å². The number of benzene rings is 1. The Bertz CT molecular complexity index is 657. The normalized spacial score (nSPS) is 10.2. The average Bonchev–Trinajstić information content (AvgIpc) is 2.78. The van der Waals surface area contributed by atoms with Crippen LogP contribution in [0, 0.1) is 10.1 Å². The van der Waals surface area contributed by atoms with Crippen molar-refractivity contribution in [3.63, 3.8) is 0 Å². The Morgan fingerprint density at radius 1 is 1.32 bits per heavy atom. The SMILES string of the molecule is O=C(Nc1ccc(Br)c([N+](=O)[O-])c1)c1csc(Br)c1. The molecule has 2 rings (SSSR count). The lowest BCUT2D eigenvalue weighted by molar-refractivity contribution is -0.385. The maximum atomic E-state index is 11.9. The summed E-state index contributed by atoms with van der Waals surface area (Å²) in [5.41, 5.74) is 0.786. The van der Waals surface area contributed by atoms with Crippen molar-refractivity contribution in [3.8, 4) is 0 Å². The van der Waals surface area contributed by atoms with Crippen LogP contribution in [0.25, 0.3) is 0 Å². The Labute approximate surface area is 129 Å². The zero-order valence-electron chi connectivity index (χ0n) is 9.22. The fourth-order valence-corrected chi connectivity index (χ4v) is 2.89. The molecule has 0 fully saturated rings. The van der Waals surface area contributed by atoms with E-state index in [4.69, 9.17) is 0 Å². The van der Waals surface area contributed by atoms with Crippen molar-refractivity contribution in [2.45, 2.75) is 0 Å². The van der Waals surface area contributed by atoms with Gasteiger partial charge in [0.15, 0.2) is 0 Å². The summed E-state index contributed by atoms with van der Waals surface area (Å²) in [4.78, 5) is 22.2. The van der Waals surface area contributed by atoms with Crippen LogP contribution in [0.3, 0.4) is 0 Å². The summed E-state index contributed by atoms with van der Waals surface area (Å²) in [6.45, 7) is 0. The molecule has 98 valence electrons. The number of rotatable bonds is 3. The van der Waals surface area contributed by atoms with Gasteiger partial charge in [-0.1, -0.05) is 0 Å². The molecule has 1 amide bonds. The van der Waals surface area contributed by atoms with E-state index < -0.39 is 4.92 Å². The van der Waals surface area contributed by atoms with Gasteiger partial charge >= 0.3 is 0 Å². The minimum Gasteiger partial charge on any atom is -0.322 e. The number of halogens is 2. The number of nitrogens with zero attached hydrogens (tertiary/aromatic N) is 1. The third kappa shape index (κ3) is 3.40. The number of nitrogens with one attached hydrogen (secondary N) is 1. The Balaban J connectivity index is 2.22. The van der Waals surface area contributed by atoms with Crippen LogP contribution in [0.2, 0.25) is 0 Å². The molecule has 8 heteroatoms. The zero-order valence-corrected chi connectivity index (χ0v) is 13.2. The second kappa shape index (κ2) is 5.81. The van der Waals surface area contributed by atoms with E-state index in [2.05, 4.69) is 37.2 Å². The molecule has 0 unspecified atom stereocenters. The number of nitro groups is 1. The lowest BCUT2D eigenvalue weighted by Gasteiger charge is -2.04. The summed E-state index contributed by atoms with van der Waals surface area (Å²) in [6, 6.07) is 6.12. The third-order valence-corrected chi connectivity index (χ3v) is 4.41. The molecular formula is C11H6Br2N2O3S. The number of amides is 1. The van der Waals surface area contributed by atoms with E-state index in [1.54, 1.807) is 17.5 Å². The van der Waals surface area contributed by atoms with Crippen LogP contribution in [0.15, 0.2) is 37.9 Å². The quantitative estimate of drug-likeness (QED) is 0.606. The fourth-order valence-electron chi connectivity index (χ4n) is 1.36. The number of carbonyl (C=O) groups is 1. The van der Waals surface area contributed by atoms with Gasteiger partial charge in [0, 0.05) is 17.1 Å². The smallest absolute Gasteiger partial charge is 0.285 e. The molecule has 0 radical (unpaired) electrons. The van der Waals surface area contributed by atoms with Crippen LogP contribution in [-0.2, 0) is 0 Å². The van der Waals surface area contributed by atoms with Gasteiger partial charge in [0.05, 0.1) is 18.7 Å². The number of thiophene rings is 1. The molecule has 0 bridgehead atoms. The third-order valence-electron chi connectivity index (χ3n) is 2.23. The highest BCUT2D eigenvalue weighted by atomic mass is 79.9. The first-order valence-electron chi connectivity index (χ1n) is 4.96. The van der Waals surface area contributed by atoms with E-state index in [0.717, 1.165) is 3.79 Å². The van der Waals surface area contributed by atoms with Crippen molar-refractivity contribution in [2.24, 2.45) is 0 Å². The van der Waals surface area contributed by atoms with Crippen molar-refractivity contribution >= 4 is 60.5 Å². The molecule has 0 spiro atoms. The summed E-state index contributed by atoms with van der Waals surface area (Å²) < 4.78 is 1.22. The minimum atomic E-state index is -0.513. The molecule has 1 N–H and O–H groups in total. The highest BCUT2D eigenvalue weighted by molar-refractivity contribution is 9.11. The van der Waals surface area contributed by atoms with Crippen molar-refractivity contribution in [2.75, 3.05) is 5.32 Å². The van der Waals surface area contributed by atoms with Gasteiger partial charge in [-0.3, -0.25) is 14.9 Å². The first-order chi connectivity index (χ1) is 8.97. The van der Waals surface area contributed by atoms with Crippen LogP contribution in [-0.4, -0.2) is 10.8 Å². The number of hydrogen-bond acceptors (Lipinski definition) is 4. The molecule has 1 aromatic heterocycles. The summed E-state index contributed by atoms with van der Waals surface area (Å²) in [5, 5.41) is 15.1. The van der Waals surface area contributed by atoms with E-state index in [-0.39, 0.29) is 11.6 Å². The van der Waals surface area contributed by atoms with Gasteiger partial charge in [-0.05, 0) is 50.1 Å². The van der Waals surface area contributed by atoms with Crippen LogP contribution in [0.1, 0.15) is 10.4 Å². The van der Waals surface area contributed by atoms with E-state index in [1.807, 2.05) is 0 Å². The molecular weight excluding hydrogens is 400 g/mol. The molecule has 0 aliphatic heterocycles. The molecule has 2 aromatic rings. The lowest BCUT2D eigenvalue weighted by Crippen LogP contribution is -2.10. The molecule has 0 saturated heterocycles. The van der Waals surface area contributed by atoms with Gasteiger partial charge < -0.3 is 5.32 Å². The van der Waals surface area contributed by atoms with E-state index >= 15 is 0 Å². The molecule has 19 heavy (non-hydrogen) atoms. The molecule has 1 heterocycles.